The normalized spacial score (nSPS) is 11.5. The van der Waals surface area contributed by atoms with Crippen molar-refractivity contribution in [1.82, 2.24) is 0 Å². The fraction of sp³-hybridized carbons (Fsp3) is 0.263. The van der Waals surface area contributed by atoms with Gasteiger partial charge in [-0.1, -0.05) is 17.7 Å². The van der Waals surface area contributed by atoms with Gasteiger partial charge in [-0.3, -0.25) is 4.99 Å². The van der Waals surface area contributed by atoms with Gasteiger partial charge in [0.25, 0.3) is 0 Å². The summed E-state index contributed by atoms with van der Waals surface area (Å²) < 4.78 is 10.7. The van der Waals surface area contributed by atoms with Crippen molar-refractivity contribution in [2.75, 3.05) is 6.61 Å². The Morgan fingerprint density at radius 3 is 2.54 bits per heavy atom. The van der Waals surface area contributed by atoms with Gasteiger partial charge in [-0.2, -0.15) is 0 Å². The van der Waals surface area contributed by atoms with Crippen LogP contribution in [0.5, 0.6) is 5.75 Å². The molecule has 0 aromatic heterocycles. The van der Waals surface area contributed by atoms with E-state index in [9.17, 15) is 4.79 Å². The van der Waals surface area contributed by atoms with E-state index < -0.39 is 11.6 Å². The molecule has 0 radical (unpaired) electrons. The second-order valence-electron chi connectivity index (χ2n) is 5.64. The first kappa shape index (κ1) is 18.0. The molecule has 2 aromatic rings. The number of hydrogen-bond donors (Lipinski definition) is 0. The Morgan fingerprint density at radius 1 is 1.21 bits per heavy atom. The first-order valence-corrected chi connectivity index (χ1v) is 8.04. The van der Waals surface area contributed by atoms with Gasteiger partial charge in [-0.15, -0.1) is 0 Å². The number of rotatable bonds is 6. The second-order valence-corrected chi connectivity index (χ2v) is 6.08. The molecule has 0 saturated heterocycles. The van der Waals surface area contributed by atoms with Gasteiger partial charge in [-0.25, -0.2) is 4.79 Å². The third-order valence-corrected chi connectivity index (χ3v) is 3.43. The molecule has 0 saturated carbocycles. The molecule has 0 bridgehead atoms. The maximum absolute atomic E-state index is 11.8. The summed E-state index contributed by atoms with van der Waals surface area (Å²) in [7, 11) is 0. The molecule has 0 fully saturated rings. The summed E-state index contributed by atoms with van der Waals surface area (Å²) in [5, 5.41) is 0.648. The van der Waals surface area contributed by atoms with Crippen LogP contribution in [0, 0.1) is 0 Å². The minimum Gasteiger partial charge on any atom is -0.476 e. The average molecular weight is 346 g/mol. The Labute approximate surface area is 147 Å². The number of carbonyl (C=O) groups excluding carboxylic acids is 1. The molecule has 0 spiro atoms. The highest BCUT2D eigenvalue weighted by atomic mass is 35.5. The molecule has 24 heavy (non-hydrogen) atoms. The lowest BCUT2D eigenvalue weighted by Crippen LogP contribution is -2.39. The highest BCUT2D eigenvalue weighted by Crippen LogP contribution is 2.21. The quantitative estimate of drug-likeness (QED) is 0.557. The van der Waals surface area contributed by atoms with E-state index >= 15 is 0 Å². The molecule has 0 aliphatic rings. The second kappa shape index (κ2) is 7.97. The van der Waals surface area contributed by atoms with E-state index in [0.29, 0.717) is 17.4 Å². The lowest BCUT2D eigenvalue weighted by molar-refractivity contribution is -0.158. The van der Waals surface area contributed by atoms with E-state index in [0.717, 1.165) is 11.3 Å². The Hall–Kier alpha value is -2.33. The molecule has 0 atom stereocenters. The van der Waals surface area contributed by atoms with Crippen molar-refractivity contribution in [2.24, 2.45) is 4.99 Å². The van der Waals surface area contributed by atoms with Gasteiger partial charge in [0.05, 0.1) is 12.3 Å². The topological polar surface area (TPSA) is 47.9 Å². The van der Waals surface area contributed by atoms with Crippen molar-refractivity contribution in [1.29, 1.82) is 0 Å². The Balaban J connectivity index is 2.04. The minimum absolute atomic E-state index is 0.324. The highest BCUT2D eigenvalue weighted by Gasteiger charge is 2.31. The van der Waals surface area contributed by atoms with Crippen molar-refractivity contribution < 1.29 is 14.3 Å². The summed E-state index contributed by atoms with van der Waals surface area (Å²) in [6.45, 7) is 5.45. The predicted octanol–water partition coefficient (Wildman–Crippen LogP) is 4.81. The molecule has 5 heteroatoms. The van der Waals surface area contributed by atoms with Crippen LogP contribution in [-0.2, 0) is 9.53 Å². The van der Waals surface area contributed by atoms with E-state index in [2.05, 4.69) is 4.99 Å². The predicted molar refractivity (Wildman–Crippen MR) is 96.5 cm³/mol. The molecule has 2 aromatic carbocycles. The monoisotopic (exact) mass is 345 g/mol. The van der Waals surface area contributed by atoms with E-state index in [-0.39, 0.29) is 0 Å². The van der Waals surface area contributed by atoms with Crippen LogP contribution in [-0.4, -0.2) is 24.4 Å². The van der Waals surface area contributed by atoms with Crippen molar-refractivity contribution in [3.63, 3.8) is 0 Å². The molecule has 0 aliphatic carbocycles. The average Bonchev–Trinajstić information content (AvgIpc) is 2.54. The first-order chi connectivity index (χ1) is 11.4. The number of carbonyl (C=O) groups is 1. The van der Waals surface area contributed by atoms with Gasteiger partial charge in [0.2, 0.25) is 0 Å². The Kier molecular flexibility index (Phi) is 5.99. The standard InChI is InChI=1S/C19H20ClNO3/c1-4-23-18(22)19(2,3)24-17-10-8-14(9-11-17)13-21-16-7-5-6-15(20)12-16/h5-13H,4H2,1-3H3/b21-13+. The van der Waals surface area contributed by atoms with E-state index in [1.54, 1.807) is 51.3 Å². The van der Waals surface area contributed by atoms with Crippen molar-refractivity contribution >= 4 is 29.5 Å². The smallest absolute Gasteiger partial charge is 0.349 e. The van der Waals surface area contributed by atoms with Crippen molar-refractivity contribution in [3.05, 3.63) is 59.1 Å². The summed E-state index contributed by atoms with van der Waals surface area (Å²) in [5.74, 6) is 0.199. The van der Waals surface area contributed by atoms with Gasteiger partial charge >= 0.3 is 5.97 Å². The van der Waals surface area contributed by atoms with Gasteiger partial charge < -0.3 is 9.47 Å². The van der Waals surface area contributed by atoms with Gasteiger partial charge in [0.15, 0.2) is 5.60 Å². The number of halogens is 1. The van der Waals surface area contributed by atoms with Gasteiger partial charge in [0, 0.05) is 11.2 Å². The van der Waals surface area contributed by atoms with Crippen LogP contribution in [0.3, 0.4) is 0 Å². The van der Waals surface area contributed by atoms with Crippen LogP contribution in [0.25, 0.3) is 0 Å². The van der Waals surface area contributed by atoms with Crippen LogP contribution in [0.15, 0.2) is 53.5 Å². The molecule has 0 heterocycles. The summed E-state index contributed by atoms with van der Waals surface area (Å²) >= 11 is 5.93. The van der Waals surface area contributed by atoms with Gasteiger partial charge in [0.1, 0.15) is 5.75 Å². The Bertz CT molecular complexity index is 724. The highest BCUT2D eigenvalue weighted by molar-refractivity contribution is 6.30. The number of benzene rings is 2. The lowest BCUT2D eigenvalue weighted by atomic mass is 10.1. The number of hydrogen-bond acceptors (Lipinski definition) is 4. The number of esters is 1. The molecular weight excluding hydrogens is 326 g/mol. The molecule has 4 nitrogen and oxygen atoms in total. The zero-order valence-electron chi connectivity index (χ0n) is 14.0. The first-order valence-electron chi connectivity index (χ1n) is 7.66. The van der Waals surface area contributed by atoms with Crippen LogP contribution in [0.1, 0.15) is 26.3 Å². The van der Waals surface area contributed by atoms with Crippen LogP contribution >= 0.6 is 11.6 Å². The van der Waals surface area contributed by atoms with Crippen LogP contribution in [0.2, 0.25) is 5.02 Å². The van der Waals surface area contributed by atoms with E-state index in [1.165, 1.54) is 0 Å². The molecule has 0 unspecified atom stereocenters. The third-order valence-electron chi connectivity index (χ3n) is 3.19. The Morgan fingerprint density at radius 2 is 1.92 bits per heavy atom. The molecule has 2 rings (SSSR count). The SMILES string of the molecule is CCOC(=O)C(C)(C)Oc1ccc(/C=N/c2cccc(Cl)c2)cc1. The number of ether oxygens (including phenoxy) is 2. The summed E-state index contributed by atoms with van der Waals surface area (Å²) in [6.07, 6.45) is 1.74. The molecular formula is C19H20ClNO3. The lowest BCUT2D eigenvalue weighted by Gasteiger charge is -2.24. The fourth-order valence-corrected chi connectivity index (χ4v) is 2.15. The largest absolute Gasteiger partial charge is 0.476 e. The fourth-order valence-electron chi connectivity index (χ4n) is 1.97. The number of nitrogens with zero attached hydrogens (tertiary/aromatic N) is 1. The summed E-state index contributed by atoms with van der Waals surface area (Å²) in [6, 6.07) is 14.6. The number of aliphatic imine (C=N–C) groups is 1. The minimum atomic E-state index is -1.04. The van der Waals surface area contributed by atoms with Gasteiger partial charge in [-0.05, 0) is 68.8 Å². The summed E-state index contributed by atoms with van der Waals surface area (Å²) in [4.78, 5) is 16.2. The zero-order valence-corrected chi connectivity index (χ0v) is 14.7. The zero-order chi connectivity index (χ0) is 17.6. The molecule has 0 aliphatic heterocycles. The third kappa shape index (κ3) is 5.10. The molecule has 0 amide bonds. The molecule has 126 valence electrons. The van der Waals surface area contributed by atoms with Crippen molar-refractivity contribution in [2.45, 2.75) is 26.4 Å². The molecule has 0 N–H and O–H groups in total. The van der Waals surface area contributed by atoms with E-state index in [1.807, 2.05) is 24.3 Å². The van der Waals surface area contributed by atoms with Crippen LogP contribution in [0.4, 0.5) is 5.69 Å². The summed E-state index contributed by atoms with van der Waals surface area (Å²) in [5.41, 5.74) is 0.661. The van der Waals surface area contributed by atoms with Crippen LogP contribution < -0.4 is 4.74 Å². The van der Waals surface area contributed by atoms with E-state index in [4.69, 9.17) is 21.1 Å². The van der Waals surface area contributed by atoms with Crippen molar-refractivity contribution in [3.8, 4) is 5.75 Å². The maximum Gasteiger partial charge on any atom is 0.349 e. The maximum atomic E-state index is 11.8.